The molecule has 2 aromatic rings. The molecule has 1 saturated carbocycles. The van der Waals surface area contributed by atoms with Crippen molar-refractivity contribution >= 4 is 0 Å². The summed E-state index contributed by atoms with van der Waals surface area (Å²) in [5.74, 6) is 1.81. The van der Waals surface area contributed by atoms with E-state index in [1.165, 1.54) is 76.7 Å². The summed E-state index contributed by atoms with van der Waals surface area (Å²) in [5.41, 5.74) is 1.32. The molecule has 2 aromatic heterocycles. The first-order chi connectivity index (χ1) is 15.3. The number of hydrogen-bond acceptors (Lipinski definition) is 4. The average Bonchev–Trinajstić information content (AvgIpc) is 3.58. The fourth-order valence-electron chi connectivity index (χ4n) is 5.91. The number of piperidine rings is 1. The summed E-state index contributed by atoms with van der Waals surface area (Å²) >= 11 is 0. The van der Waals surface area contributed by atoms with E-state index < -0.39 is 0 Å². The SMILES string of the molecule is c1ccc(-n2cccc2CN(CC2CCN(C3CCCC3)CC2)CC2CCCO2)nc1. The highest BCUT2D eigenvalue weighted by atomic mass is 16.5. The summed E-state index contributed by atoms with van der Waals surface area (Å²) in [4.78, 5) is 10.0. The Labute approximate surface area is 187 Å². The summed E-state index contributed by atoms with van der Waals surface area (Å²) in [5, 5.41) is 0. The molecule has 1 unspecified atom stereocenters. The molecule has 4 heterocycles. The van der Waals surface area contributed by atoms with Crippen LogP contribution in [0.5, 0.6) is 0 Å². The molecule has 1 atom stereocenters. The van der Waals surface area contributed by atoms with Gasteiger partial charge in [-0.25, -0.2) is 4.98 Å². The van der Waals surface area contributed by atoms with Gasteiger partial charge >= 0.3 is 0 Å². The fourth-order valence-corrected chi connectivity index (χ4v) is 5.91. The fraction of sp³-hybridized carbons (Fsp3) is 0.654. The van der Waals surface area contributed by atoms with Gasteiger partial charge in [-0.3, -0.25) is 4.90 Å². The molecule has 31 heavy (non-hydrogen) atoms. The summed E-state index contributed by atoms with van der Waals surface area (Å²) in [6.07, 6.45) is 15.3. The first-order valence-corrected chi connectivity index (χ1v) is 12.5. The van der Waals surface area contributed by atoms with E-state index in [9.17, 15) is 0 Å². The molecule has 1 aliphatic carbocycles. The number of pyridine rings is 1. The standard InChI is InChI=1S/C26H38N4O/c1-2-8-23(7-1)29-16-12-22(13-17-29)19-28(21-25-10-6-18-31-25)20-24-9-5-15-30(24)26-11-3-4-14-27-26/h3-5,9,11,14-15,22-23,25H,1-2,6-8,10,12-13,16-21H2. The van der Waals surface area contributed by atoms with Gasteiger partial charge in [0.2, 0.25) is 0 Å². The number of likely N-dealkylation sites (tertiary alicyclic amines) is 1. The third kappa shape index (κ3) is 5.39. The molecule has 168 valence electrons. The number of rotatable bonds is 8. The Hall–Kier alpha value is -1.69. The second kappa shape index (κ2) is 10.3. The number of nitrogens with zero attached hydrogens (tertiary/aromatic N) is 4. The molecule has 2 aliphatic heterocycles. The molecular weight excluding hydrogens is 384 g/mol. The largest absolute Gasteiger partial charge is 0.377 e. The van der Waals surface area contributed by atoms with Crippen molar-refractivity contribution in [1.82, 2.24) is 19.4 Å². The van der Waals surface area contributed by atoms with Crippen LogP contribution >= 0.6 is 0 Å². The summed E-state index contributed by atoms with van der Waals surface area (Å²) < 4.78 is 8.26. The van der Waals surface area contributed by atoms with Crippen LogP contribution in [0, 0.1) is 5.92 Å². The monoisotopic (exact) mass is 422 g/mol. The van der Waals surface area contributed by atoms with Gasteiger partial charge in [-0.05, 0) is 81.8 Å². The minimum Gasteiger partial charge on any atom is -0.377 e. The first-order valence-electron chi connectivity index (χ1n) is 12.5. The second-order valence-electron chi connectivity index (χ2n) is 9.80. The Morgan fingerprint density at radius 1 is 0.935 bits per heavy atom. The highest BCUT2D eigenvalue weighted by molar-refractivity contribution is 5.27. The lowest BCUT2D eigenvalue weighted by Gasteiger charge is -2.38. The molecule has 0 spiro atoms. The lowest BCUT2D eigenvalue weighted by atomic mass is 9.94. The van der Waals surface area contributed by atoms with Crippen LogP contribution in [0.25, 0.3) is 5.82 Å². The van der Waals surface area contributed by atoms with E-state index in [2.05, 4.69) is 49.8 Å². The third-order valence-corrected chi connectivity index (χ3v) is 7.61. The molecular formula is C26H38N4O. The van der Waals surface area contributed by atoms with Gasteiger partial charge in [-0.1, -0.05) is 18.9 Å². The Kier molecular flexibility index (Phi) is 7.02. The van der Waals surface area contributed by atoms with Crippen molar-refractivity contribution in [3.8, 4) is 5.82 Å². The maximum Gasteiger partial charge on any atom is 0.136 e. The van der Waals surface area contributed by atoms with Gasteiger partial charge in [-0.15, -0.1) is 0 Å². The minimum absolute atomic E-state index is 0.400. The molecule has 0 amide bonds. The lowest BCUT2D eigenvalue weighted by molar-refractivity contribution is 0.0533. The van der Waals surface area contributed by atoms with E-state index in [0.717, 1.165) is 37.5 Å². The molecule has 2 saturated heterocycles. The molecule has 3 fully saturated rings. The van der Waals surface area contributed by atoms with E-state index >= 15 is 0 Å². The molecule has 0 radical (unpaired) electrons. The van der Waals surface area contributed by atoms with Crippen LogP contribution in [0.1, 0.15) is 57.1 Å². The van der Waals surface area contributed by atoms with Gasteiger partial charge in [0.15, 0.2) is 0 Å². The van der Waals surface area contributed by atoms with Gasteiger partial charge in [0.1, 0.15) is 5.82 Å². The van der Waals surface area contributed by atoms with Crippen LogP contribution in [0.15, 0.2) is 42.7 Å². The predicted molar refractivity (Wildman–Crippen MR) is 124 cm³/mol. The minimum atomic E-state index is 0.400. The Morgan fingerprint density at radius 2 is 1.81 bits per heavy atom. The van der Waals surface area contributed by atoms with Crippen LogP contribution in [0.3, 0.4) is 0 Å². The normalized spacial score (nSPS) is 23.8. The number of ether oxygens (including phenoxy) is 1. The topological polar surface area (TPSA) is 33.5 Å². The van der Waals surface area contributed by atoms with Crippen LogP contribution < -0.4 is 0 Å². The van der Waals surface area contributed by atoms with E-state index in [-0.39, 0.29) is 0 Å². The average molecular weight is 423 g/mol. The summed E-state index contributed by atoms with van der Waals surface area (Å²) in [6.45, 7) is 6.73. The lowest BCUT2D eigenvalue weighted by Crippen LogP contribution is -2.43. The first kappa shape index (κ1) is 21.2. The smallest absolute Gasteiger partial charge is 0.136 e. The third-order valence-electron chi connectivity index (χ3n) is 7.61. The highest BCUT2D eigenvalue weighted by Crippen LogP contribution is 2.29. The predicted octanol–water partition coefficient (Wildman–Crippen LogP) is 4.51. The Balaban J connectivity index is 1.23. The van der Waals surface area contributed by atoms with E-state index in [4.69, 9.17) is 4.74 Å². The quantitative estimate of drug-likeness (QED) is 0.627. The Morgan fingerprint density at radius 3 is 2.55 bits per heavy atom. The van der Waals surface area contributed by atoms with Crippen LogP contribution in [0.2, 0.25) is 0 Å². The van der Waals surface area contributed by atoms with Crippen LogP contribution in [0.4, 0.5) is 0 Å². The molecule has 0 aromatic carbocycles. The maximum absolute atomic E-state index is 6.02. The van der Waals surface area contributed by atoms with Crippen molar-refractivity contribution in [2.45, 2.75) is 70.1 Å². The molecule has 0 N–H and O–H groups in total. The van der Waals surface area contributed by atoms with Crippen molar-refractivity contribution in [2.24, 2.45) is 5.92 Å². The van der Waals surface area contributed by atoms with Gasteiger partial charge in [0.25, 0.3) is 0 Å². The molecule has 5 heteroatoms. The zero-order valence-corrected chi connectivity index (χ0v) is 18.9. The zero-order valence-electron chi connectivity index (χ0n) is 18.9. The van der Waals surface area contributed by atoms with Crippen molar-refractivity contribution < 1.29 is 4.74 Å². The van der Waals surface area contributed by atoms with E-state index in [1.54, 1.807) is 0 Å². The van der Waals surface area contributed by atoms with E-state index in [1.807, 2.05) is 12.3 Å². The van der Waals surface area contributed by atoms with Gasteiger partial charge in [0, 0.05) is 50.4 Å². The van der Waals surface area contributed by atoms with Crippen molar-refractivity contribution in [3.05, 3.63) is 48.4 Å². The molecule has 5 rings (SSSR count). The second-order valence-corrected chi connectivity index (χ2v) is 9.80. The molecule has 0 bridgehead atoms. The highest BCUT2D eigenvalue weighted by Gasteiger charge is 2.29. The van der Waals surface area contributed by atoms with Crippen LogP contribution in [-0.2, 0) is 11.3 Å². The van der Waals surface area contributed by atoms with Crippen molar-refractivity contribution in [3.63, 3.8) is 0 Å². The maximum atomic E-state index is 6.02. The van der Waals surface area contributed by atoms with Gasteiger partial charge in [-0.2, -0.15) is 0 Å². The van der Waals surface area contributed by atoms with Crippen molar-refractivity contribution in [1.29, 1.82) is 0 Å². The van der Waals surface area contributed by atoms with Crippen molar-refractivity contribution in [2.75, 3.05) is 32.8 Å². The Bertz CT molecular complexity index is 787. The summed E-state index contributed by atoms with van der Waals surface area (Å²) in [6, 6.07) is 11.4. The van der Waals surface area contributed by atoms with Gasteiger partial charge in [0.05, 0.1) is 6.10 Å². The van der Waals surface area contributed by atoms with E-state index in [0.29, 0.717) is 6.10 Å². The van der Waals surface area contributed by atoms with Crippen LogP contribution in [-0.4, -0.2) is 64.3 Å². The number of hydrogen-bond donors (Lipinski definition) is 0. The number of aromatic nitrogens is 2. The van der Waals surface area contributed by atoms with Gasteiger partial charge < -0.3 is 14.2 Å². The molecule has 3 aliphatic rings. The zero-order chi connectivity index (χ0) is 20.9. The summed E-state index contributed by atoms with van der Waals surface area (Å²) in [7, 11) is 0. The molecule has 5 nitrogen and oxygen atoms in total.